The number of anilines is 1. The third-order valence-electron chi connectivity index (χ3n) is 3.25. The molecular weight excluding hydrogens is 311 g/mol. The van der Waals surface area contributed by atoms with E-state index in [1.807, 2.05) is 13.8 Å². The van der Waals surface area contributed by atoms with Crippen LogP contribution in [0.1, 0.15) is 23.4 Å². The highest BCUT2D eigenvalue weighted by Gasteiger charge is 2.30. The van der Waals surface area contributed by atoms with E-state index in [1.54, 1.807) is 0 Å². The summed E-state index contributed by atoms with van der Waals surface area (Å²) in [6.45, 7) is 3.74. The number of benzene rings is 1. The molecule has 0 spiro atoms. The zero-order chi connectivity index (χ0) is 17.0. The summed E-state index contributed by atoms with van der Waals surface area (Å²) in [5, 5.41) is 9.53. The summed E-state index contributed by atoms with van der Waals surface area (Å²) in [4.78, 5) is 11.9. The average Bonchev–Trinajstić information content (AvgIpc) is 2.76. The number of H-pyrrole nitrogens is 1. The van der Waals surface area contributed by atoms with Crippen molar-refractivity contribution < 1.29 is 22.7 Å². The maximum absolute atomic E-state index is 12.1. The van der Waals surface area contributed by atoms with Crippen LogP contribution in [0, 0.1) is 13.8 Å². The summed E-state index contributed by atoms with van der Waals surface area (Å²) < 4.78 is 39.9. The van der Waals surface area contributed by atoms with Crippen molar-refractivity contribution in [3.63, 3.8) is 0 Å². The van der Waals surface area contributed by atoms with Crippen LogP contribution in [0.5, 0.6) is 5.75 Å². The van der Waals surface area contributed by atoms with Crippen LogP contribution in [0.2, 0.25) is 0 Å². The lowest BCUT2D eigenvalue weighted by molar-refractivity contribution is -0.274. The number of hydrogen-bond acceptors (Lipinski definition) is 3. The molecule has 8 heteroatoms. The van der Waals surface area contributed by atoms with E-state index in [4.69, 9.17) is 0 Å². The van der Waals surface area contributed by atoms with Gasteiger partial charge in [-0.3, -0.25) is 9.89 Å². The van der Waals surface area contributed by atoms with Gasteiger partial charge >= 0.3 is 6.36 Å². The van der Waals surface area contributed by atoms with Crippen LogP contribution in [-0.4, -0.2) is 22.5 Å². The molecule has 0 aliphatic heterocycles. The van der Waals surface area contributed by atoms with Gasteiger partial charge in [-0.2, -0.15) is 5.10 Å². The van der Waals surface area contributed by atoms with Crippen molar-refractivity contribution in [3.05, 3.63) is 41.2 Å². The van der Waals surface area contributed by atoms with Gasteiger partial charge in [0.1, 0.15) is 5.75 Å². The normalized spacial score (nSPS) is 11.3. The lowest BCUT2D eigenvalue weighted by Gasteiger charge is -2.10. The fourth-order valence-corrected chi connectivity index (χ4v) is 2.14. The van der Waals surface area contributed by atoms with E-state index in [0.29, 0.717) is 12.1 Å². The van der Waals surface area contributed by atoms with Crippen LogP contribution in [0.25, 0.3) is 0 Å². The predicted octanol–water partition coefficient (Wildman–Crippen LogP) is 3.50. The molecule has 0 saturated carbocycles. The number of aryl methyl sites for hydroxylation is 2. The molecule has 0 fully saturated rings. The molecule has 2 N–H and O–H groups in total. The van der Waals surface area contributed by atoms with Gasteiger partial charge in [-0.15, -0.1) is 13.2 Å². The number of halogens is 3. The Balaban J connectivity index is 1.88. The van der Waals surface area contributed by atoms with Gasteiger partial charge < -0.3 is 10.1 Å². The van der Waals surface area contributed by atoms with Crippen LogP contribution < -0.4 is 10.1 Å². The van der Waals surface area contributed by atoms with Gasteiger partial charge in [-0.05, 0) is 50.1 Å². The Morgan fingerprint density at radius 2 is 1.91 bits per heavy atom. The highest BCUT2D eigenvalue weighted by molar-refractivity contribution is 5.90. The quantitative estimate of drug-likeness (QED) is 0.883. The first-order chi connectivity index (χ1) is 10.7. The second-order valence-corrected chi connectivity index (χ2v) is 5.03. The number of hydrogen-bond donors (Lipinski definition) is 2. The molecule has 1 aromatic heterocycles. The predicted molar refractivity (Wildman–Crippen MR) is 78.1 cm³/mol. The van der Waals surface area contributed by atoms with Crippen molar-refractivity contribution in [1.29, 1.82) is 0 Å². The second-order valence-electron chi connectivity index (χ2n) is 5.03. The Morgan fingerprint density at radius 3 is 2.43 bits per heavy atom. The van der Waals surface area contributed by atoms with Crippen molar-refractivity contribution >= 4 is 11.6 Å². The first-order valence-corrected chi connectivity index (χ1v) is 6.91. The van der Waals surface area contributed by atoms with Crippen LogP contribution in [0.3, 0.4) is 0 Å². The van der Waals surface area contributed by atoms with Crippen LogP contribution >= 0.6 is 0 Å². The fourth-order valence-electron chi connectivity index (χ4n) is 2.14. The number of aromatic amines is 1. The molecule has 2 aromatic rings. The van der Waals surface area contributed by atoms with Crippen molar-refractivity contribution in [2.75, 3.05) is 5.32 Å². The standard InChI is InChI=1S/C15H16F3N3O2/c1-9-13(10(2)21-20-9)7-8-14(22)19-11-3-5-12(6-4-11)23-15(16,17)18/h3-6H,7-8H2,1-2H3,(H,19,22)(H,20,21). The molecule has 0 unspecified atom stereocenters. The third-order valence-corrected chi connectivity index (χ3v) is 3.25. The lowest BCUT2D eigenvalue weighted by Crippen LogP contribution is -2.17. The first-order valence-electron chi connectivity index (χ1n) is 6.91. The van der Waals surface area contributed by atoms with Crippen molar-refractivity contribution in [3.8, 4) is 5.75 Å². The Morgan fingerprint density at radius 1 is 1.26 bits per heavy atom. The summed E-state index contributed by atoms with van der Waals surface area (Å²) in [5.41, 5.74) is 3.17. The van der Waals surface area contributed by atoms with Gasteiger partial charge in [0, 0.05) is 17.8 Å². The van der Waals surface area contributed by atoms with Crippen molar-refractivity contribution in [2.24, 2.45) is 0 Å². The summed E-state index contributed by atoms with van der Waals surface area (Å²) in [7, 11) is 0. The zero-order valence-electron chi connectivity index (χ0n) is 12.6. The minimum Gasteiger partial charge on any atom is -0.406 e. The monoisotopic (exact) mass is 327 g/mol. The second kappa shape index (κ2) is 6.72. The van der Waals surface area contributed by atoms with Gasteiger partial charge in [0.05, 0.1) is 5.69 Å². The largest absolute Gasteiger partial charge is 0.573 e. The molecule has 0 radical (unpaired) electrons. The van der Waals surface area contributed by atoms with E-state index in [2.05, 4.69) is 20.3 Å². The topological polar surface area (TPSA) is 67.0 Å². The molecule has 1 heterocycles. The molecule has 0 aliphatic rings. The van der Waals surface area contributed by atoms with E-state index in [0.717, 1.165) is 29.1 Å². The van der Waals surface area contributed by atoms with E-state index in [9.17, 15) is 18.0 Å². The Hall–Kier alpha value is -2.51. The van der Waals surface area contributed by atoms with Gasteiger partial charge in [0.2, 0.25) is 5.91 Å². The highest BCUT2D eigenvalue weighted by atomic mass is 19.4. The van der Waals surface area contributed by atoms with Crippen molar-refractivity contribution in [1.82, 2.24) is 10.2 Å². The summed E-state index contributed by atoms with van der Waals surface area (Å²) in [5.74, 6) is -0.561. The zero-order valence-corrected chi connectivity index (χ0v) is 12.6. The molecule has 0 bridgehead atoms. The highest BCUT2D eigenvalue weighted by Crippen LogP contribution is 2.24. The Bertz CT molecular complexity index is 659. The van der Waals surface area contributed by atoms with Gasteiger partial charge in [-0.25, -0.2) is 0 Å². The summed E-state index contributed by atoms with van der Waals surface area (Å²) in [6, 6.07) is 5.00. The molecule has 0 atom stereocenters. The Labute approximate surface area is 130 Å². The molecule has 0 aliphatic carbocycles. The number of ether oxygens (including phenoxy) is 1. The SMILES string of the molecule is Cc1n[nH]c(C)c1CCC(=O)Nc1ccc(OC(F)(F)F)cc1. The van der Waals surface area contributed by atoms with E-state index < -0.39 is 6.36 Å². The number of aromatic nitrogens is 2. The fraction of sp³-hybridized carbons (Fsp3) is 0.333. The molecule has 0 saturated heterocycles. The van der Waals surface area contributed by atoms with Gasteiger partial charge in [0.25, 0.3) is 0 Å². The average molecular weight is 327 g/mol. The summed E-state index contributed by atoms with van der Waals surface area (Å²) in [6.07, 6.45) is -3.94. The van der Waals surface area contributed by atoms with Gasteiger partial charge in [0.15, 0.2) is 0 Å². The number of alkyl halides is 3. The molecule has 1 amide bonds. The minimum atomic E-state index is -4.73. The van der Waals surface area contributed by atoms with Crippen molar-refractivity contribution in [2.45, 2.75) is 33.1 Å². The number of rotatable bonds is 5. The number of nitrogens with one attached hydrogen (secondary N) is 2. The molecule has 124 valence electrons. The van der Waals surface area contributed by atoms with E-state index >= 15 is 0 Å². The molecular formula is C15H16F3N3O2. The maximum Gasteiger partial charge on any atom is 0.573 e. The van der Waals surface area contributed by atoms with E-state index in [1.165, 1.54) is 12.1 Å². The maximum atomic E-state index is 12.1. The lowest BCUT2D eigenvalue weighted by atomic mass is 10.1. The van der Waals surface area contributed by atoms with Crippen LogP contribution in [0.15, 0.2) is 24.3 Å². The minimum absolute atomic E-state index is 0.227. The number of carbonyl (C=O) groups is 1. The molecule has 23 heavy (non-hydrogen) atoms. The van der Waals surface area contributed by atoms with Crippen LogP contribution in [0.4, 0.5) is 18.9 Å². The van der Waals surface area contributed by atoms with Gasteiger partial charge in [-0.1, -0.05) is 0 Å². The summed E-state index contributed by atoms with van der Waals surface area (Å²) >= 11 is 0. The number of amides is 1. The number of carbonyl (C=O) groups excluding carboxylic acids is 1. The smallest absolute Gasteiger partial charge is 0.406 e. The first kappa shape index (κ1) is 16.9. The van der Waals surface area contributed by atoms with E-state index in [-0.39, 0.29) is 18.1 Å². The van der Waals surface area contributed by atoms with Crippen LogP contribution in [-0.2, 0) is 11.2 Å². The Kier molecular flexibility index (Phi) is 4.92. The molecule has 2 rings (SSSR count). The number of nitrogens with zero attached hydrogens (tertiary/aromatic N) is 1. The third kappa shape index (κ3) is 5.01. The molecule has 5 nitrogen and oxygen atoms in total. The molecule has 1 aromatic carbocycles.